The normalized spacial score (nSPS) is 22.5. The van der Waals surface area contributed by atoms with Crippen LogP contribution in [0.15, 0.2) is 12.1 Å². The Morgan fingerprint density at radius 2 is 1.80 bits per heavy atom. The Bertz CT molecular complexity index is 601. The fraction of sp³-hybridized carbons (Fsp3) is 0.667. The summed E-state index contributed by atoms with van der Waals surface area (Å²) in [6.45, 7) is 13.2. The molecular formula is C21H34N2OS. The largest absolute Gasteiger partial charge is 0.334 e. The molecule has 0 radical (unpaired) electrons. The highest BCUT2D eigenvalue weighted by molar-refractivity contribution is 7.82. The smallest absolute Gasteiger partial charge is 0.332 e. The molecule has 1 fully saturated rings. The van der Waals surface area contributed by atoms with Crippen molar-refractivity contribution in [2.24, 2.45) is 11.3 Å². The SMILES string of the molecule is CCc1cc(C)cc(CC)c1N(S)C(=O)NC1CC(C)CC(C)(C)C1. The van der Waals surface area contributed by atoms with E-state index >= 15 is 0 Å². The molecule has 2 unspecified atom stereocenters. The Hall–Kier alpha value is -1.16. The summed E-state index contributed by atoms with van der Waals surface area (Å²) in [5, 5.41) is 3.23. The zero-order valence-corrected chi connectivity index (χ0v) is 17.5. The number of hydrogen-bond acceptors (Lipinski definition) is 2. The molecule has 1 aromatic carbocycles. The zero-order chi connectivity index (χ0) is 18.8. The molecule has 25 heavy (non-hydrogen) atoms. The second-order valence-corrected chi connectivity index (χ2v) is 8.91. The van der Waals surface area contributed by atoms with Gasteiger partial charge in [0.25, 0.3) is 0 Å². The van der Waals surface area contributed by atoms with Crippen molar-refractivity contribution in [2.75, 3.05) is 4.31 Å². The molecule has 1 N–H and O–H groups in total. The summed E-state index contributed by atoms with van der Waals surface area (Å²) in [4.78, 5) is 12.9. The van der Waals surface area contributed by atoms with Crippen molar-refractivity contribution in [3.05, 3.63) is 28.8 Å². The summed E-state index contributed by atoms with van der Waals surface area (Å²) in [6.07, 6.45) is 5.08. The quantitative estimate of drug-likeness (QED) is 0.662. The number of thiol groups is 1. The second kappa shape index (κ2) is 8.03. The van der Waals surface area contributed by atoms with Gasteiger partial charge >= 0.3 is 6.03 Å². The Morgan fingerprint density at radius 1 is 1.24 bits per heavy atom. The number of aryl methyl sites for hydroxylation is 3. The van der Waals surface area contributed by atoms with Crippen LogP contribution in [0, 0.1) is 18.3 Å². The first kappa shape index (κ1) is 20.2. The van der Waals surface area contributed by atoms with Crippen LogP contribution in [-0.2, 0) is 12.8 Å². The van der Waals surface area contributed by atoms with Crippen LogP contribution in [0.1, 0.15) is 70.6 Å². The van der Waals surface area contributed by atoms with Crippen LogP contribution in [0.25, 0.3) is 0 Å². The average Bonchev–Trinajstić information content (AvgIpc) is 2.51. The van der Waals surface area contributed by atoms with Gasteiger partial charge in [-0.3, -0.25) is 0 Å². The minimum Gasteiger partial charge on any atom is -0.334 e. The number of nitrogens with zero attached hydrogens (tertiary/aromatic N) is 1. The third-order valence-electron chi connectivity index (χ3n) is 5.29. The summed E-state index contributed by atoms with van der Waals surface area (Å²) in [5.41, 5.74) is 4.84. The van der Waals surface area contributed by atoms with Crippen molar-refractivity contribution < 1.29 is 4.79 Å². The molecule has 2 rings (SSSR count). The minimum atomic E-state index is -0.105. The van der Waals surface area contributed by atoms with Gasteiger partial charge in [0.05, 0.1) is 5.69 Å². The molecule has 2 amide bonds. The van der Waals surface area contributed by atoms with Gasteiger partial charge in [-0.15, -0.1) is 0 Å². The standard InChI is InChI=1S/C21H34N2OS/c1-7-16-9-14(3)10-17(8-2)19(16)23(25)20(24)22-18-11-15(4)12-21(5,6)13-18/h9-10,15,18,25H,7-8,11-13H2,1-6H3,(H,22,24). The van der Waals surface area contributed by atoms with Crippen LogP contribution in [0.5, 0.6) is 0 Å². The van der Waals surface area contributed by atoms with E-state index in [4.69, 9.17) is 0 Å². The van der Waals surface area contributed by atoms with E-state index in [1.54, 1.807) is 0 Å². The highest BCUT2D eigenvalue weighted by atomic mass is 32.1. The summed E-state index contributed by atoms with van der Waals surface area (Å²) in [7, 11) is 0. The van der Waals surface area contributed by atoms with E-state index in [-0.39, 0.29) is 17.5 Å². The van der Waals surface area contributed by atoms with E-state index in [9.17, 15) is 4.79 Å². The molecular weight excluding hydrogens is 328 g/mol. The second-order valence-electron chi connectivity index (χ2n) is 8.51. The van der Waals surface area contributed by atoms with E-state index in [1.807, 2.05) is 0 Å². The van der Waals surface area contributed by atoms with Crippen molar-refractivity contribution in [1.29, 1.82) is 0 Å². The van der Waals surface area contributed by atoms with Gasteiger partial charge in [0.1, 0.15) is 0 Å². The topological polar surface area (TPSA) is 32.3 Å². The Labute approximate surface area is 159 Å². The lowest BCUT2D eigenvalue weighted by molar-refractivity contribution is 0.154. The van der Waals surface area contributed by atoms with Crippen LogP contribution < -0.4 is 9.62 Å². The molecule has 2 atom stereocenters. The molecule has 1 aliphatic carbocycles. The van der Waals surface area contributed by atoms with Gasteiger partial charge < -0.3 is 5.32 Å². The predicted molar refractivity (Wildman–Crippen MR) is 111 cm³/mol. The maximum absolute atomic E-state index is 12.9. The van der Waals surface area contributed by atoms with Crippen LogP contribution >= 0.6 is 12.8 Å². The number of carbonyl (C=O) groups excluding carboxylic acids is 1. The lowest BCUT2D eigenvalue weighted by Crippen LogP contribution is -2.46. The molecule has 0 bridgehead atoms. The zero-order valence-electron chi connectivity index (χ0n) is 16.6. The number of rotatable bonds is 4. The van der Waals surface area contributed by atoms with Crippen molar-refractivity contribution >= 4 is 24.5 Å². The molecule has 4 heteroatoms. The first-order valence-electron chi connectivity index (χ1n) is 9.58. The van der Waals surface area contributed by atoms with Gasteiger partial charge in [-0.05, 0) is 61.5 Å². The molecule has 140 valence electrons. The third-order valence-corrected chi connectivity index (χ3v) is 5.67. The molecule has 0 aliphatic heterocycles. The fourth-order valence-corrected chi connectivity index (χ4v) is 4.85. The van der Waals surface area contributed by atoms with Crippen molar-refractivity contribution in [1.82, 2.24) is 5.32 Å². The Morgan fingerprint density at radius 3 is 2.28 bits per heavy atom. The van der Waals surface area contributed by atoms with E-state index in [1.165, 1.54) is 27.4 Å². The van der Waals surface area contributed by atoms with E-state index in [2.05, 4.69) is 71.8 Å². The fourth-order valence-electron chi connectivity index (χ4n) is 4.54. The van der Waals surface area contributed by atoms with Crippen molar-refractivity contribution in [3.8, 4) is 0 Å². The lowest BCUT2D eigenvalue weighted by Gasteiger charge is -2.39. The molecule has 0 spiro atoms. The Kier molecular flexibility index (Phi) is 6.47. The van der Waals surface area contributed by atoms with Gasteiger partial charge in [-0.25, -0.2) is 9.10 Å². The number of nitrogens with one attached hydrogen (secondary N) is 1. The molecule has 0 aromatic heterocycles. The van der Waals surface area contributed by atoms with Crippen LogP contribution in [0.4, 0.5) is 10.5 Å². The number of hydrogen-bond donors (Lipinski definition) is 2. The summed E-state index contributed by atoms with van der Waals surface area (Å²) < 4.78 is 1.53. The molecule has 0 heterocycles. The number of anilines is 1. The first-order chi connectivity index (χ1) is 11.7. The summed E-state index contributed by atoms with van der Waals surface area (Å²) in [6, 6.07) is 4.45. The average molecular weight is 363 g/mol. The monoisotopic (exact) mass is 362 g/mol. The lowest BCUT2D eigenvalue weighted by atomic mass is 9.70. The predicted octanol–water partition coefficient (Wildman–Crippen LogP) is 5.70. The van der Waals surface area contributed by atoms with Gasteiger partial charge in [-0.1, -0.05) is 65.1 Å². The summed E-state index contributed by atoms with van der Waals surface area (Å²) in [5.74, 6) is 0.638. The maximum atomic E-state index is 12.9. The van der Waals surface area contributed by atoms with Gasteiger partial charge in [0.15, 0.2) is 0 Å². The van der Waals surface area contributed by atoms with Crippen LogP contribution in [0.3, 0.4) is 0 Å². The van der Waals surface area contributed by atoms with E-state index < -0.39 is 0 Å². The third kappa shape index (κ3) is 4.93. The number of amides is 2. The molecule has 3 nitrogen and oxygen atoms in total. The highest BCUT2D eigenvalue weighted by Gasteiger charge is 2.33. The number of carbonyl (C=O) groups is 1. The van der Waals surface area contributed by atoms with Gasteiger partial charge in [-0.2, -0.15) is 0 Å². The van der Waals surface area contributed by atoms with Gasteiger partial charge in [0, 0.05) is 6.04 Å². The van der Waals surface area contributed by atoms with E-state index in [0.717, 1.165) is 31.4 Å². The van der Waals surface area contributed by atoms with Crippen LogP contribution in [-0.4, -0.2) is 12.1 Å². The van der Waals surface area contributed by atoms with Crippen molar-refractivity contribution in [2.45, 2.75) is 79.7 Å². The highest BCUT2D eigenvalue weighted by Crippen LogP contribution is 2.38. The Balaban J connectivity index is 2.20. The summed E-state index contributed by atoms with van der Waals surface area (Å²) >= 11 is 4.58. The minimum absolute atomic E-state index is 0.105. The molecule has 0 saturated heterocycles. The van der Waals surface area contributed by atoms with Crippen molar-refractivity contribution in [3.63, 3.8) is 0 Å². The molecule has 1 aromatic rings. The number of urea groups is 1. The van der Waals surface area contributed by atoms with Crippen LogP contribution in [0.2, 0.25) is 0 Å². The van der Waals surface area contributed by atoms with E-state index in [0.29, 0.717) is 5.92 Å². The maximum Gasteiger partial charge on any atom is 0.332 e. The number of benzene rings is 1. The molecule has 1 aliphatic rings. The van der Waals surface area contributed by atoms with Gasteiger partial charge in [0.2, 0.25) is 0 Å². The molecule has 1 saturated carbocycles. The first-order valence-corrected chi connectivity index (χ1v) is 9.98.